The Morgan fingerprint density at radius 3 is 2.47 bits per heavy atom. The Hall–Kier alpha value is -2.17. The summed E-state index contributed by atoms with van der Waals surface area (Å²) in [5.41, 5.74) is 2.54. The van der Waals surface area contributed by atoms with Gasteiger partial charge in [-0.15, -0.1) is 22.7 Å². The van der Waals surface area contributed by atoms with E-state index in [-0.39, 0.29) is 29.3 Å². The van der Waals surface area contributed by atoms with Crippen molar-refractivity contribution in [2.45, 2.75) is 76.5 Å². The summed E-state index contributed by atoms with van der Waals surface area (Å²) in [5, 5.41) is 4.64. The number of aryl methyl sites for hydroxylation is 3. The minimum absolute atomic E-state index is 0.0841. The van der Waals surface area contributed by atoms with E-state index in [0.717, 1.165) is 72.2 Å². The number of H-pyrrole nitrogens is 1. The molecule has 0 fully saturated rings. The van der Waals surface area contributed by atoms with E-state index in [0.29, 0.717) is 21.1 Å². The third kappa shape index (κ3) is 4.67. The molecule has 3 aromatic heterocycles. The highest BCUT2D eigenvalue weighted by atomic mass is 32.2. The van der Waals surface area contributed by atoms with Crippen molar-refractivity contribution in [2.75, 3.05) is 11.1 Å². The number of nitrogens with zero attached hydrogens (tertiary/aromatic N) is 1. The van der Waals surface area contributed by atoms with Crippen LogP contribution in [0.5, 0.6) is 0 Å². The fraction of sp³-hybridized carbons (Fsp3) is 0.500. The fourth-order valence-corrected chi connectivity index (χ4v) is 7.93. The van der Waals surface area contributed by atoms with Gasteiger partial charge in [-0.1, -0.05) is 11.8 Å². The number of hydrogen-bond acceptors (Lipinski definition) is 8. The molecule has 3 aromatic rings. The molecule has 180 valence electrons. The number of thioether (sulfide) groups is 1. The zero-order valence-corrected chi connectivity index (χ0v) is 21.7. The first-order valence-corrected chi connectivity index (χ1v) is 14.3. The monoisotopic (exact) mass is 517 g/mol. The van der Waals surface area contributed by atoms with E-state index in [9.17, 15) is 14.4 Å². The number of esters is 1. The minimum Gasteiger partial charge on any atom is -0.459 e. The maximum Gasteiger partial charge on any atom is 0.341 e. The second-order valence-corrected chi connectivity index (χ2v) is 12.1. The van der Waals surface area contributed by atoms with Crippen LogP contribution in [0, 0.1) is 0 Å². The summed E-state index contributed by atoms with van der Waals surface area (Å²) in [6, 6.07) is 0. The first-order chi connectivity index (χ1) is 16.4. The number of amides is 1. The number of anilines is 1. The van der Waals surface area contributed by atoms with E-state index >= 15 is 0 Å². The van der Waals surface area contributed by atoms with Gasteiger partial charge in [0.2, 0.25) is 5.91 Å². The lowest BCUT2D eigenvalue weighted by Gasteiger charge is -2.14. The molecule has 0 aliphatic heterocycles. The lowest BCUT2D eigenvalue weighted by Crippen LogP contribution is -2.19. The fourth-order valence-electron chi connectivity index (χ4n) is 4.65. The van der Waals surface area contributed by atoms with Crippen molar-refractivity contribution in [1.29, 1.82) is 0 Å². The third-order valence-corrected chi connectivity index (χ3v) is 9.38. The van der Waals surface area contributed by atoms with Gasteiger partial charge in [0.15, 0.2) is 5.16 Å². The molecule has 1 amide bonds. The zero-order valence-electron chi connectivity index (χ0n) is 19.2. The van der Waals surface area contributed by atoms with Gasteiger partial charge in [-0.25, -0.2) is 9.78 Å². The Bertz CT molecular complexity index is 1320. The quantitative estimate of drug-likeness (QED) is 0.268. The standard InChI is InChI=1S/C24H27N3O4S3/c1-12(2)31-23(30)19-14-8-4-6-10-16(14)34-22(19)25-17(28)11-32-24-26-20(29)18-13-7-3-5-9-15(13)33-21(18)27-24/h12H,3-11H2,1-2H3,(H,25,28)(H,26,27,29). The molecular formula is C24H27N3O4S3. The highest BCUT2D eigenvalue weighted by Gasteiger charge is 2.28. The Morgan fingerprint density at radius 1 is 1.06 bits per heavy atom. The molecule has 2 aliphatic rings. The second-order valence-electron chi connectivity index (χ2n) is 8.97. The smallest absolute Gasteiger partial charge is 0.341 e. The van der Waals surface area contributed by atoms with Gasteiger partial charge < -0.3 is 15.0 Å². The van der Waals surface area contributed by atoms with Crippen LogP contribution in [0.25, 0.3) is 10.2 Å². The number of fused-ring (bicyclic) bond motifs is 4. The minimum atomic E-state index is -0.379. The zero-order chi connectivity index (χ0) is 23.8. The van der Waals surface area contributed by atoms with Crippen molar-refractivity contribution >= 4 is 61.5 Å². The molecule has 0 spiro atoms. The van der Waals surface area contributed by atoms with Crippen molar-refractivity contribution in [3.05, 3.63) is 36.8 Å². The van der Waals surface area contributed by atoms with Crippen LogP contribution in [-0.4, -0.2) is 33.7 Å². The van der Waals surface area contributed by atoms with E-state index in [2.05, 4.69) is 15.3 Å². The predicted octanol–water partition coefficient (Wildman–Crippen LogP) is 5.10. The second kappa shape index (κ2) is 9.83. The summed E-state index contributed by atoms with van der Waals surface area (Å²) >= 11 is 4.27. The van der Waals surface area contributed by atoms with Gasteiger partial charge in [0.25, 0.3) is 5.56 Å². The van der Waals surface area contributed by atoms with Gasteiger partial charge in [-0.2, -0.15) is 0 Å². The molecular weight excluding hydrogens is 490 g/mol. The topological polar surface area (TPSA) is 101 Å². The molecule has 0 atom stereocenters. The molecule has 0 bridgehead atoms. The molecule has 5 rings (SSSR count). The Kier molecular flexibility index (Phi) is 6.81. The highest BCUT2D eigenvalue weighted by Crippen LogP contribution is 2.39. The first kappa shape index (κ1) is 23.6. The lowest BCUT2D eigenvalue weighted by molar-refractivity contribution is -0.113. The van der Waals surface area contributed by atoms with Gasteiger partial charge in [0.05, 0.1) is 22.8 Å². The van der Waals surface area contributed by atoms with Crippen molar-refractivity contribution in [3.8, 4) is 0 Å². The number of aromatic amines is 1. The van der Waals surface area contributed by atoms with E-state index < -0.39 is 0 Å². The number of hydrogen-bond donors (Lipinski definition) is 2. The lowest BCUT2D eigenvalue weighted by atomic mass is 9.95. The van der Waals surface area contributed by atoms with Crippen LogP contribution in [0.4, 0.5) is 5.00 Å². The Morgan fingerprint density at radius 2 is 1.74 bits per heavy atom. The Labute approximate surface area is 209 Å². The van der Waals surface area contributed by atoms with Gasteiger partial charge in [-0.3, -0.25) is 9.59 Å². The largest absolute Gasteiger partial charge is 0.459 e. The molecule has 3 heterocycles. The van der Waals surface area contributed by atoms with Crippen LogP contribution in [0.3, 0.4) is 0 Å². The normalized spacial score (nSPS) is 15.3. The van der Waals surface area contributed by atoms with E-state index in [1.165, 1.54) is 28.0 Å². The van der Waals surface area contributed by atoms with Crippen molar-refractivity contribution in [3.63, 3.8) is 0 Å². The number of carbonyl (C=O) groups excluding carboxylic acids is 2. The van der Waals surface area contributed by atoms with Gasteiger partial charge in [0.1, 0.15) is 9.83 Å². The van der Waals surface area contributed by atoms with Crippen LogP contribution in [0.1, 0.15) is 70.8 Å². The van der Waals surface area contributed by atoms with Crippen LogP contribution < -0.4 is 10.9 Å². The van der Waals surface area contributed by atoms with Gasteiger partial charge >= 0.3 is 5.97 Å². The van der Waals surface area contributed by atoms with Crippen molar-refractivity contribution in [2.24, 2.45) is 0 Å². The van der Waals surface area contributed by atoms with Crippen LogP contribution in [0.2, 0.25) is 0 Å². The summed E-state index contributed by atoms with van der Waals surface area (Å²) in [7, 11) is 0. The van der Waals surface area contributed by atoms with E-state index in [1.54, 1.807) is 11.3 Å². The molecule has 10 heteroatoms. The SMILES string of the molecule is CC(C)OC(=O)c1c(NC(=O)CSc2nc3sc4c(c3c(=O)[nH]2)CCCC4)sc2c1CCCC2. The molecule has 0 saturated heterocycles. The maximum atomic E-state index is 12.8. The van der Waals surface area contributed by atoms with Crippen LogP contribution in [-0.2, 0) is 35.2 Å². The summed E-state index contributed by atoms with van der Waals surface area (Å²) in [6.45, 7) is 3.64. The average molecular weight is 518 g/mol. The molecule has 0 unspecified atom stereocenters. The molecule has 0 saturated carbocycles. The number of ether oxygens (including phenoxy) is 1. The van der Waals surface area contributed by atoms with Gasteiger partial charge in [-0.05, 0) is 76.3 Å². The van der Waals surface area contributed by atoms with Gasteiger partial charge in [0, 0.05) is 9.75 Å². The predicted molar refractivity (Wildman–Crippen MR) is 138 cm³/mol. The summed E-state index contributed by atoms with van der Waals surface area (Å²) in [6.07, 6.45) is 7.83. The highest BCUT2D eigenvalue weighted by molar-refractivity contribution is 7.99. The number of rotatable bonds is 6. The average Bonchev–Trinajstić information content (AvgIpc) is 3.35. The van der Waals surface area contributed by atoms with Crippen molar-refractivity contribution in [1.82, 2.24) is 9.97 Å². The van der Waals surface area contributed by atoms with E-state index in [4.69, 9.17) is 4.74 Å². The molecule has 7 nitrogen and oxygen atoms in total. The maximum absolute atomic E-state index is 12.8. The summed E-state index contributed by atoms with van der Waals surface area (Å²) < 4.78 is 5.46. The molecule has 0 radical (unpaired) electrons. The number of thiophene rings is 2. The number of nitrogens with one attached hydrogen (secondary N) is 2. The summed E-state index contributed by atoms with van der Waals surface area (Å²) in [4.78, 5) is 49.0. The molecule has 34 heavy (non-hydrogen) atoms. The third-order valence-electron chi connectivity index (χ3n) is 6.11. The number of carbonyl (C=O) groups is 2. The van der Waals surface area contributed by atoms with Crippen LogP contribution >= 0.6 is 34.4 Å². The number of aromatic nitrogens is 2. The van der Waals surface area contributed by atoms with Crippen molar-refractivity contribution < 1.29 is 14.3 Å². The van der Waals surface area contributed by atoms with E-state index in [1.807, 2.05) is 13.8 Å². The summed E-state index contributed by atoms with van der Waals surface area (Å²) in [5.74, 6) is -0.535. The molecule has 2 N–H and O–H groups in total. The molecule has 0 aromatic carbocycles. The first-order valence-electron chi connectivity index (χ1n) is 11.7. The van der Waals surface area contributed by atoms with Crippen LogP contribution in [0.15, 0.2) is 9.95 Å². The molecule has 2 aliphatic carbocycles. The Balaban J connectivity index is 1.32.